The fraction of sp³-hybridized carbons (Fsp3) is 0.474. The molecule has 2 aliphatic heterocycles. The minimum atomic E-state index is 0.0222. The van der Waals surface area contributed by atoms with Gasteiger partial charge in [-0.05, 0) is 66.1 Å². The van der Waals surface area contributed by atoms with Gasteiger partial charge < -0.3 is 19.1 Å². The van der Waals surface area contributed by atoms with Gasteiger partial charge in [-0.2, -0.15) is 0 Å². The minimum Gasteiger partial charge on any atom is -0.481 e. The maximum Gasteiger partial charge on any atom is 0.231 e. The summed E-state index contributed by atoms with van der Waals surface area (Å²) in [5.74, 6) is 2.25. The van der Waals surface area contributed by atoms with Crippen LogP contribution in [0.3, 0.4) is 0 Å². The van der Waals surface area contributed by atoms with Crippen molar-refractivity contribution in [1.82, 2.24) is 4.90 Å². The number of para-hydroxylation sites is 1. The van der Waals surface area contributed by atoms with E-state index < -0.39 is 0 Å². The third-order valence-electron chi connectivity index (χ3n) is 4.70. The van der Waals surface area contributed by atoms with Gasteiger partial charge in [0.25, 0.3) is 0 Å². The highest BCUT2D eigenvalue weighted by Gasteiger charge is 2.24. The van der Waals surface area contributed by atoms with E-state index in [2.05, 4.69) is 33.0 Å². The summed E-state index contributed by atoms with van der Waals surface area (Å²) < 4.78 is 18.6. The summed E-state index contributed by atoms with van der Waals surface area (Å²) in [5, 5.41) is 0. The van der Waals surface area contributed by atoms with Crippen molar-refractivity contribution in [2.75, 3.05) is 26.4 Å². The molecule has 0 unspecified atom stereocenters. The van der Waals surface area contributed by atoms with Gasteiger partial charge in [-0.3, -0.25) is 0 Å². The molecular weight excluding hydrogens is 402 g/mol. The number of hydrogen-bond donors (Lipinski definition) is 0. The van der Waals surface area contributed by atoms with Crippen LogP contribution in [-0.2, 0) is 0 Å². The second-order valence-corrected chi connectivity index (χ2v) is 8.92. The van der Waals surface area contributed by atoms with Crippen molar-refractivity contribution in [1.29, 1.82) is 0 Å². The number of nitrogens with zero attached hydrogens (tertiary/aromatic N) is 1. The predicted octanol–water partition coefficient (Wildman–Crippen LogP) is 5.24. The maximum atomic E-state index is 6.41. The van der Waals surface area contributed by atoms with E-state index in [4.69, 9.17) is 14.2 Å². The number of piperidine rings is 1. The van der Waals surface area contributed by atoms with Crippen LogP contribution in [0.2, 0.25) is 0 Å². The molecule has 0 aliphatic carbocycles. The van der Waals surface area contributed by atoms with E-state index >= 15 is 0 Å². The molecule has 1 aromatic heterocycles. The van der Waals surface area contributed by atoms with Crippen molar-refractivity contribution < 1.29 is 14.2 Å². The van der Waals surface area contributed by atoms with Crippen molar-refractivity contribution in [2.24, 2.45) is 0 Å². The number of benzene rings is 1. The lowest BCUT2D eigenvalue weighted by atomic mass is 10.1. The van der Waals surface area contributed by atoms with Crippen molar-refractivity contribution in [2.45, 2.75) is 31.8 Å². The quantitative estimate of drug-likeness (QED) is 0.635. The summed E-state index contributed by atoms with van der Waals surface area (Å²) >= 11 is 5.31. The molecule has 134 valence electrons. The van der Waals surface area contributed by atoms with Gasteiger partial charge in [-0.25, -0.2) is 0 Å². The number of ether oxygens (including phenoxy) is 3. The third-order valence-corrected chi connectivity index (χ3v) is 6.41. The maximum absolute atomic E-state index is 6.41. The number of thiophene rings is 1. The molecule has 1 aromatic carbocycles. The van der Waals surface area contributed by atoms with Crippen molar-refractivity contribution in [3.8, 4) is 17.2 Å². The molecule has 0 spiro atoms. The van der Waals surface area contributed by atoms with Crippen LogP contribution in [0.25, 0.3) is 0 Å². The van der Waals surface area contributed by atoms with Gasteiger partial charge in [0.05, 0.1) is 3.79 Å². The molecule has 1 fully saturated rings. The van der Waals surface area contributed by atoms with E-state index in [9.17, 15) is 0 Å². The highest BCUT2D eigenvalue weighted by atomic mass is 79.9. The van der Waals surface area contributed by atoms with E-state index in [1.165, 1.54) is 37.2 Å². The number of rotatable bonds is 6. The first kappa shape index (κ1) is 17.2. The first-order chi connectivity index (χ1) is 12.3. The standard InChI is InChI=1S/C19H22BrNO3S/c20-18-8-7-17(25-18)14(9-12-21-10-2-1-3-11-21)24-16-6-4-5-15-19(16)23-13-22-15/h4-8,14H,1-3,9-13H2/t14-/m0/s1. The second-order valence-electron chi connectivity index (χ2n) is 6.43. The first-order valence-electron chi connectivity index (χ1n) is 8.82. The van der Waals surface area contributed by atoms with Crippen LogP contribution >= 0.6 is 27.3 Å². The lowest BCUT2D eigenvalue weighted by Gasteiger charge is -2.28. The average molecular weight is 424 g/mol. The van der Waals surface area contributed by atoms with Crippen LogP contribution in [0.15, 0.2) is 34.1 Å². The molecule has 1 saturated heterocycles. The molecule has 0 bridgehead atoms. The summed E-state index contributed by atoms with van der Waals surface area (Å²) in [6.45, 7) is 3.74. The Morgan fingerprint density at radius 3 is 2.80 bits per heavy atom. The van der Waals surface area contributed by atoms with E-state index in [-0.39, 0.29) is 12.9 Å². The lowest BCUT2D eigenvalue weighted by Crippen LogP contribution is -2.31. The Balaban J connectivity index is 1.50. The molecule has 6 heteroatoms. The number of hydrogen-bond acceptors (Lipinski definition) is 5. The smallest absolute Gasteiger partial charge is 0.231 e. The van der Waals surface area contributed by atoms with Gasteiger partial charge in [-0.1, -0.05) is 12.5 Å². The highest BCUT2D eigenvalue weighted by Crippen LogP contribution is 2.43. The summed E-state index contributed by atoms with van der Waals surface area (Å²) in [6, 6.07) is 10.1. The lowest BCUT2D eigenvalue weighted by molar-refractivity contribution is 0.143. The summed E-state index contributed by atoms with van der Waals surface area (Å²) in [7, 11) is 0. The average Bonchev–Trinajstić information content (AvgIpc) is 3.28. The molecular formula is C19H22BrNO3S. The van der Waals surface area contributed by atoms with Crippen LogP contribution in [0.1, 0.15) is 36.7 Å². The third kappa shape index (κ3) is 4.13. The van der Waals surface area contributed by atoms with Gasteiger partial charge in [0.1, 0.15) is 6.10 Å². The van der Waals surface area contributed by atoms with Gasteiger partial charge in [0.2, 0.25) is 12.5 Å². The predicted molar refractivity (Wildman–Crippen MR) is 103 cm³/mol. The van der Waals surface area contributed by atoms with Gasteiger partial charge >= 0.3 is 0 Å². The monoisotopic (exact) mass is 423 g/mol. The molecule has 1 atom stereocenters. The molecule has 0 radical (unpaired) electrons. The van der Waals surface area contributed by atoms with E-state index in [0.29, 0.717) is 0 Å². The topological polar surface area (TPSA) is 30.9 Å². The molecule has 2 aromatic rings. The molecule has 4 rings (SSSR count). The fourth-order valence-corrected chi connectivity index (χ4v) is 4.88. The fourth-order valence-electron chi connectivity index (χ4n) is 3.39. The SMILES string of the molecule is Brc1ccc([C@H](CCN2CCCCC2)Oc2cccc3c2OCO3)s1. The molecule has 25 heavy (non-hydrogen) atoms. The zero-order valence-electron chi connectivity index (χ0n) is 14.1. The Hall–Kier alpha value is -1.24. The summed E-state index contributed by atoms with van der Waals surface area (Å²) in [4.78, 5) is 3.79. The second kappa shape index (κ2) is 7.98. The molecule has 2 aliphatic rings. The molecule has 3 heterocycles. The largest absolute Gasteiger partial charge is 0.481 e. The number of fused-ring (bicyclic) bond motifs is 1. The van der Waals surface area contributed by atoms with E-state index in [0.717, 1.165) is 34.0 Å². The molecule has 0 saturated carbocycles. The Bertz CT molecular complexity index is 714. The van der Waals surface area contributed by atoms with Crippen molar-refractivity contribution in [3.63, 3.8) is 0 Å². The Morgan fingerprint density at radius 1 is 1.12 bits per heavy atom. The number of halogens is 1. The van der Waals surface area contributed by atoms with E-state index in [1.54, 1.807) is 11.3 Å². The van der Waals surface area contributed by atoms with Crippen molar-refractivity contribution >= 4 is 27.3 Å². The Kier molecular flexibility index (Phi) is 5.48. The van der Waals surface area contributed by atoms with Crippen LogP contribution in [0.4, 0.5) is 0 Å². The summed E-state index contributed by atoms with van der Waals surface area (Å²) in [6.07, 6.45) is 4.98. The van der Waals surface area contributed by atoms with E-state index in [1.807, 2.05) is 18.2 Å². The van der Waals surface area contributed by atoms with Gasteiger partial charge in [0.15, 0.2) is 11.5 Å². The zero-order chi connectivity index (χ0) is 17.1. The molecule has 4 nitrogen and oxygen atoms in total. The zero-order valence-corrected chi connectivity index (χ0v) is 16.5. The van der Waals surface area contributed by atoms with Gasteiger partial charge in [-0.15, -0.1) is 11.3 Å². The highest BCUT2D eigenvalue weighted by molar-refractivity contribution is 9.11. The normalized spacial score (nSPS) is 18.3. The van der Waals surface area contributed by atoms with Crippen molar-refractivity contribution in [3.05, 3.63) is 39.0 Å². The summed E-state index contributed by atoms with van der Waals surface area (Å²) in [5.41, 5.74) is 0. The molecule has 0 amide bonds. The molecule has 0 N–H and O–H groups in total. The van der Waals surface area contributed by atoms with Crippen LogP contribution < -0.4 is 14.2 Å². The first-order valence-corrected chi connectivity index (χ1v) is 10.4. The Labute approximate surface area is 160 Å². The minimum absolute atomic E-state index is 0.0222. The van der Waals surface area contributed by atoms with Crippen LogP contribution in [0, 0.1) is 0 Å². The number of likely N-dealkylation sites (tertiary alicyclic amines) is 1. The Morgan fingerprint density at radius 2 is 2.00 bits per heavy atom. The van der Waals surface area contributed by atoms with Crippen LogP contribution in [-0.4, -0.2) is 31.3 Å². The van der Waals surface area contributed by atoms with Gasteiger partial charge in [0, 0.05) is 17.8 Å². The van der Waals surface area contributed by atoms with Crippen LogP contribution in [0.5, 0.6) is 17.2 Å².